The van der Waals surface area contributed by atoms with Gasteiger partial charge in [-0.3, -0.25) is 9.59 Å². The third-order valence-electron chi connectivity index (χ3n) is 7.80. The predicted octanol–water partition coefficient (Wildman–Crippen LogP) is 4.29. The van der Waals surface area contributed by atoms with E-state index < -0.39 is 38.6 Å². The molecule has 10 heteroatoms. The highest BCUT2D eigenvalue weighted by atomic mass is 32.2. The molecule has 41 heavy (non-hydrogen) atoms. The van der Waals surface area contributed by atoms with E-state index in [0.717, 1.165) is 18.4 Å². The maximum Gasteiger partial charge on any atom is 0.287 e. The monoisotopic (exact) mass is 587 g/mol. The molecule has 2 amide bonds. The van der Waals surface area contributed by atoms with Crippen molar-refractivity contribution in [1.29, 1.82) is 0 Å². The molecule has 0 bridgehead atoms. The number of sulfone groups is 1. The van der Waals surface area contributed by atoms with Gasteiger partial charge in [-0.1, -0.05) is 82.6 Å². The van der Waals surface area contributed by atoms with Gasteiger partial charge in [-0.05, 0) is 55.8 Å². The number of hydrogen-bond donors (Lipinski definition) is 3. The van der Waals surface area contributed by atoms with Crippen molar-refractivity contribution in [3.05, 3.63) is 66.2 Å². The molecule has 0 aliphatic carbocycles. The summed E-state index contributed by atoms with van der Waals surface area (Å²) in [6.45, 7) is 8.16. The Bertz CT molecular complexity index is 1220. The molecule has 1 saturated heterocycles. The number of quaternary nitrogens is 1. The van der Waals surface area contributed by atoms with E-state index in [9.17, 15) is 23.2 Å². The molecule has 5 atom stereocenters. The van der Waals surface area contributed by atoms with Gasteiger partial charge in [0.25, 0.3) is 11.8 Å². The predicted molar refractivity (Wildman–Crippen MR) is 159 cm³/mol. The summed E-state index contributed by atoms with van der Waals surface area (Å²) >= 11 is 0. The second-order valence-electron chi connectivity index (χ2n) is 11.4. The molecular formula is C31H47N4O5S+. The number of carbonyl (C=O) groups is 2. The lowest BCUT2D eigenvalue weighted by molar-refractivity contribution is -1.21. The maximum absolute atomic E-state index is 14.0. The summed E-state index contributed by atoms with van der Waals surface area (Å²) in [5.74, 6) is -1.50. The van der Waals surface area contributed by atoms with E-state index in [1.54, 1.807) is 37.3 Å². The number of hydrogen-bond acceptors (Lipinski definition) is 6. The lowest BCUT2D eigenvalue weighted by atomic mass is 10.0. The van der Waals surface area contributed by atoms with Crippen LogP contribution in [0.25, 0.3) is 0 Å². The van der Waals surface area contributed by atoms with Crippen LogP contribution in [0, 0.1) is 11.8 Å². The van der Waals surface area contributed by atoms with Crippen LogP contribution >= 0.6 is 0 Å². The number of benzene rings is 2. The van der Waals surface area contributed by atoms with E-state index in [4.69, 9.17) is 0 Å². The lowest BCUT2D eigenvalue weighted by Crippen LogP contribution is -2.73. The Labute approximate surface area is 245 Å². The van der Waals surface area contributed by atoms with E-state index in [1.807, 2.05) is 51.1 Å². The largest absolute Gasteiger partial charge is 0.306 e. The van der Waals surface area contributed by atoms with Gasteiger partial charge >= 0.3 is 0 Å². The molecule has 0 saturated carbocycles. The summed E-state index contributed by atoms with van der Waals surface area (Å²) < 4.78 is 26.4. The first kappa shape index (κ1) is 32.7. The van der Waals surface area contributed by atoms with Gasteiger partial charge in [-0.15, -0.1) is 10.4 Å². The molecule has 0 spiro atoms. The van der Waals surface area contributed by atoms with Crippen LogP contribution in [0.2, 0.25) is 0 Å². The number of nitrogens with zero attached hydrogens (tertiary/aromatic N) is 2. The highest BCUT2D eigenvalue weighted by Crippen LogP contribution is 2.25. The third kappa shape index (κ3) is 9.10. The van der Waals surface area contributed by atoms with Crippen molar-refractivity contribution in [2.45, 2.75) is 83.2 Å². The Morgan fingerprint density at radius 1 is 1.02 bits per heavy atom. The van der Waals surface area contributed by atoms with Crippen molar-refractivity contribution in [2.24, 2.45) is 11.8 Å². The van der Waals surface area contributed by atoms with Crippen LogP contribution in [0.3, 0.4) is 0 Å². The van der Waals surface area contributed by atoms with Crippen molar-refractivity contribution in [2.75, 3.05) is 18.8 Å². The number of rotatable bonds is 15. The van der Waals surface area contributed by atoms with Crippen molar-refractivity contribution in [1.82, 2.24) is 15.8 Å². The molecule has 1 aliphatic rings. The topological polar surface area (TPSA) is 116 Å². The number of carbonyl (C=O) groups excluding carboxylic acids is 2. The molecule has 2 aromatic rings. The van der Waals surface area contributed by atoms with Crippen LogP contribution in [0.5, 0.6) is 0 Å². The molecule has 0 radical (unpaired) electrons. The van der Waals surface area contributed by atoms with E-state index in [1.165, 1.54) is 5.01 Å². The fourth-order valence-electron chi connectivity index (χ4n) is 5.42. The van der Waals surface area contributed by atoms with Gasteiger partial charge in [-0.25, -0.2) is 8.42 Å². The first-order valence-electron chi connectivity index (χ1n) is 14.8. The number of amides is 2. The fourth-order valence-corrected chi connectivity index (χ4v) is 7.04. The number of nitrogens with one attached hydrogen (secondary N) is 2. The van der Waals surface area contributed by atoms with E-state index in [-0.39, 0.29) is 35.4 Å². The summed E-state index contributed by atoms with van der Waals surface area (Å²) in [4.78, 5) is 26.4. The van der Waals surface area contributed by atoms with Crippen molar-refractivity contribution in [3.63, 3.8) is 0 Å². The normalized spacial score (nSPS) is 19.1. The smallest absolute Gasteiger partial charge is 0.287 e. The molecule has 1 aliphatic heterocycles. The lowest BCUT2D eigenvalue weighted by Gasteiger charge is -2.43. The van der Waals surface area contributed by atoms with Crippen molar-refractivity contribution >= 4 is 21.7 Å². The molecule has 1 fully saturated rings. The van der Waals surface area contributed by atoms with Crippen LogP contribution in [-0.4, -0.2) is 66.2 Å². The van der Waals surface area contributed by atoms with Gasteiger partial charge < -0.3 is 5.32 Å². The Balaban J connectivity index is 2.00. The zero-order valence-electron chi connectivity index (χ0n) is 24.8. The van der Waals surface area contributed by atoms with Crippen molar-refractivity contribution < 1.29 is 28.1 Å². The van der Waals surface area contributed by atoms with Gasteiger partial charge in [-0.2, -0.15) is 5.21 Å². The molecule has 3 unspecified atom stereocenters. The SMILES string of the molecule is CCC(Cc1ccccc1)N(C(=O)C[C@@H](C)CC)[N+](O)(C[C@@H](C)CS(=O)(=O)c1ccccc1)NC(=O)C1CCCN1. The third-order valence-corrected chi connectivity index (χ3v) is 9.80. The Kier molecular flexibility index (Phi) is 11.9. The second-order valence-corrected chi connectivity index (χ2v) is 13.5. The minimum absolute atomic E-state index is 0.0655. The van der Waals surface area contributed by atoms with Crippen LogP contribution < -0.4 is 10.7 Å². The zero-order valence-corrected chi connectivity index (χ0v) is 25.6. The summed E-state index contributed by atoms with van der Waals surface area (Å²) in [5, 5.41) is 16.9. The van der Waals surface area contributed by atoms with Crippen LogP contribution in [-0.2, 0) is 25.8 Å². The van der Waals surface area contributed by atoms with Crippen LogP contribution in [0.1, 0.15) is 65.4 Å². The molecule has 1 heterocycles. The van der Waals surface area contributed by atoms with Crippen LogP contribution in [0.4, 0.5) is 0 Å². The number of hydroxylamine groups is 1. The molecule has 3 rings (SSSR count). The second kappa shape index (κ2) is 14.9. The standard InChI is InChI=1S/C31H46N4O5S/c1-5-24(3)20-30(36)34(27(6-2)21-26-14-9-7-10-15-26)35(38,33-31(37)29-18-13-19-32-29)22-25(4)23-41(39,40)28-16-11-8-12-17-28/h7-12,14-17,24-25,27,29,32,38H,5-6,13,18-23H2,1-4H3/p+1/t24-,25+,27?,29?,35?/m0/s1. The summed E-state index contributed by atoms with van der Waals surface area (Å²) in [6.07, 6.45) is 3.42. The van der Waals surface area contributed by atoms with Gasteiger partial charge in [0.15, 0.2) is 16.4 Å². The average molecular weight is 588 g/mol. The summed E-state index contributed by atoms with van der Waals surface area (Å²) in [6, 6.07) is 17.0. The molecule has 0 aromatic heterocycles. The zero-order chi connectivity index (χ0) is 30.0. The molecule has 9 nitrogen and oxygen atoms in total. The minimum atomic E-state index is -3.67. The highest BCUT2D eigenvalue weighted by Gasteiger charge is 2.47. The minimum Gasteiger partial charge on any atom is -0.306 e. The van der Waals surface area contributed by atoms with E-state index >= 15 is 0 Å². The Morgan fingerprint density at radius 2 is 1.66 bits per heavy atom. The Hall–Kier alpha value is -2.79. The summed E-state index contributed by atoms with van der Waals surface area (Å²) in [7, 11) is -3.67. The quantitative estimate of drug-likeness (QED) is 0.212. The first-order chi connectivity index (χ1) is 19.5. The van der Waals surface area contributed by atoms with Gasteiger partial charge in [0.1, 0.15) is 0 Å². The van der Waals surface area contributed by atoms with E-state index in [2.05, 4.69) is 10.7 Å². The summed E-state index contributed by atoms with van der Waals surface area (Å²) in [5.41, 5.74) is 3.76. The van der Waals surface area contributed by atoms with E-state index in [0.29, 0.717) is 25.8 Å². The van der Waals surface area contributed by atoms with Gasteiger partial charge in [0.2, 0.25) is 0 Å². The average Bonchev–Trinajstić information content (AvgIpc) is 3.48. The molecule has 226 valence electrons. The van der Waals surface area contributed by atoms with Crippen molar-refractivity contribution in [3.8, 4) is 0 Å². The molecule has 3 N–H and O–H groups in total. The fraction of sp³-hybridized carbons (Fsp3) is 0.548. The highest BCUT2D eigenvalue weighted by molar-refractivity contribution is 7.91. The van der Waals surface area contributed by atoms with Gasteiger partial charge in [0, 0.05) is 17.2 Å². The maximum atomic E-state index is 14.0. The molecule has 2 aromatic carbocycles. The van der Waals surface area contributed by atoms with Gasteiger partial charge in [0.05, 0.1) is 22.7 Å². The first-order valence-corrected chi connectivity index (χ1v) is 16.4. The van der Waals surface area contributed by atoms with Crippen LogP contribution in [0.15, 0.2) is 65.6 Å². The molecular weight excluding hydrogens is 540 g/mol. The Morgan fingerprint density at radius 3 is 2.22 bits per heavy atom.